The molecule has 1 aromatic heterocycles. The number of aryl methyl sites for hydroxylation is 1. The lowest BCUT2D eigenvalue weighted by Gasteiger charge is -2.44. The molecule has 1 atom stereocenters. The van der Waals surface area contributed by atoms with Crippen LogP contribution in [0.25, 0.3) is 0 Å². The molecule has 176 valence electrons. The SMILES string of the molecule is COC(=O)c1cc2n(n1)C[C@](C)(C(=O)NC1CCC(C)CC1)N(c1ccc(F)cc1C)C2=O. The second-order valence-electron chi connectivity index (χ2n) is 9.34. The fourth-order valence-electron chi connectivity index (χ4n) is 4.78. The maximum atomic E-state index is 13.8. The molecule has 1 fully saturated rings. The summed E-state index contributed by atoms with van der Waals surface area (Å²) < 4.78 is 19.9. The van der Waals surface area contributed by atoms with E-state index in [9.17, 15) is 18.8 Å². The Hall–Kier alpha value is -3.23. The molecule has 2 amide bonds. The fourth-order valence-corrected chi connectivity index (χ4v) is 4.78. The highest BCUT2D eigenvalue weighted by molar-refractivity contribution is 6.12. The number of esters is 1. The van der Waals surface area contributed by atoms with Gasteiger partial charge in [-0.1, -0.05) is 6.92 Å². The summed E-state index contributed by atoms with van der Waals surface area (Å²) in [5.74, 6) is -1.27. The van der Waals surface area contributed by atoms with E-state index < -0.39 is 23.2 Å². The molecule has 4 rings (SSSR count). The molecule has 33 heavy (non-hydrogen) atoms. The van der Waals surface area contributed by atoms with Crippen LogP contribution in [0.5, 0.6) is 0 Å². The van der Waals surface area contributed by atoms with E-state index in [1.807, 2.05) is 0 Å². The second-order valence-corrected chi connectivity index (χ2v) is 9.34. The molecule has 2 aromatic rings. The van der Waals surface area contributed by atoms with E-state index in [4.69, 9.17) is 4.74 Å². The van der Waals surface area contributed by atoms with Crippen LogP contribution in [-0.2, 0) is 16.1 Å². The van der Waals surface area contributed by atoms with Gasteiger partial charge in [-0.15, -0.1) is 0 Å². The van der Waals surface area contributed by atoms with Gasteiger partial charge in [-0.3, -0.25) is 19.2 Å². The van der Waals surface area contributed by atoms with Crippen molar-refractivity contribution in [2.45, 2.75) is 64.6 Å². The normalized spacial score (nSPS) is 24.9. The van der Waals surface area contributed by atoms with Gasteiger partial charge in [-0.25, -0.2) is 9.18 Å². The highest BCUT2D eigenvalue weighted by atomic mass is 19.1. The zero-order valence-electron chi connectivity index (χ0n) is 19.4. The van der Waals surface area contributed by atoms with Crippen molar-refractivity contribution in [2.75, 3.05) is 12.0 Å². The maximum Gasteiger partial charge on any atom is 0.358 e. The van der Waals surface area contributed by atoms with E-state index in [0.717, 1.165) is 25.7 Å². The summed E-state index contributed by atoms with van der Waals surface area (Å²) in [6.45, 7) is 5.61. The Morgan fingerprint density at radius 3 is 2.55 bits per heavy atom. The molecule has 1 aromatic carbocycles. The van der Waals surface area contributed by atoms with Crippen LogP contribution < -0.4 is 10.2 Å². The van der Waals surface area contributed by atoms with Crippen molar-refractivity contribution in [2.24, 2.45) is 5.92 Å². The van der Waals surface area contributed by atoms with E-state index in [1.54, 1.807) is 13.8 Å². The Morgan fingerprint density at radius 2 is 1.91 bits per heavy atom. The van der Waals surface area contributed by atoms with Crippen molar-refractivity contribution >= 4 is 23.5 Å². The third-order valence-corrected chi connectivity index (χ3v) is 6.79. The van der Waals surface area contributed by atoms with Crippen LogP contribution in [0.2, 0.25) is 0 Å². The number of hydrogen-bond acceptors (Lipinski definition) is 5. The Balaban J connectivity index is 1.76. The average molecular weight is 457 g/mol. The Morgan fingerprint density at radius 1 is 1.21 bits per heavy atom. The topological polar surface area (TPSA) is 93.5 Å². The van der Waals surface area contributed by atoms with Crippen molar-refractivity contribution in [1.82, 2.24) is 15.1 Å². The number of carbonyl (C=O) groups is 3. The molecule has 0 bridgehead atoms. The fraction of sp³-hybridized carbons (Fsp3) is 0.500. The highest BCUT2D eigenvalue weighted by Gasteiger charge is 2.50. The van der Waals surface area contributed by atoms with Crippen LogP contribution in [0.3, 0.4) is 0 Å². The summed E-state index contributed by atoms with van der Waals surface area (Å²) in [5, 5.41) is 7.36. The minimum atomic E-state index is -1.34. The third-order valence-electron chi connectivity index (χ3n) is 6.79. The first-order chi connectivity index (χ1) is 15.6. The smallest absolute Gasteiger partial charge is 0.358 e. The minimum Gasteiger partial charge on any atom is -0.464 e. The molecule has 0 radical (unpaired) electrons. The van der Waals surface area contributed by atoms with Crippen LogP contribution >= 0.6 is 0 Å². The molecule has 1 saturated carbocycles. The van der Waals surface area contributed by atoms with Crippen LogP contribution in [-0.4, -0.2) is 46.3 Å². The predicted molar refractivity (Wildman–Crippen MR) is 119 cm³/mol. The quantitative estimate of drug-likeness (QED) is 0.713. The first-order valence-electron chi connectivity index (χ1n) is 11.2. The molecule has 0 saturated heterocycles. The maximum absolute atomic E-state index is 13.8. The van der Waals surface area contributed by atoms with Gasteiger partial charge in [-0.05, 0) is 69.2 Å². The first kappa shape index (κ1) is 22.9. The van der Waals surface area contributed by atoms with Gasteiger partial charge < -0.3 is 10.1 Å². The van der Waals surface area contributed by atoms with Crippen LogP contribution in [0.4, 0.5) is 10.1 Å². The molecule has 8 nitrogen and oxygen atoms in total. The van der Waals surface area contributed by atoms with Gasteiger partial charge in [0, 0.05) is 17.8 Å². The number of anilines is 1. The van der Waals surface area contributed by atoms with E-state index in [-0.39, 0.29) is 29.9 Å². The van der Waals surface area contributed by atoms with Crippen molar-refractivity contribution in [3.05, 3.63) is 47.0 Å². The Bertz CT molecular complexity index is 1110. The van der Waals surface area contributed by atoms with E-state index >= 15 is 0 Å². The predicted octanol–water partition coefficient (Wildman–Crippen LogP) is 3.23. The highest BCUT2D eigenvalue weighted by Crippen LogP contribution is 2.35. The van der Waals surface area contributed by atoms with Gasteiger partial charge in [0.1, 0.15) is 17.1 Å². The first-order valence-corrected chi connectivity index (χ1v) is 11.2. The number of aromatic nitrogens is 2. The number of nitrogens with one attached hydrogen (secondary N) is 1. The lowest BCUT2D eigenvalue weighted by molar-refractivity contribution is -0.127. The lowest BCUT2D eigenvalue weighted by Crippen LogP contribution is -2.65. The lowest BCUT2D eigenvalue weighted by atomic mass is 9.86. The summed E-state index contributed by atoms with van der Waals surface area (Å²) in [7, 11) is 1.24. The van der Waals surface area contributed by atoms with Crippen LogP contribution in [0.1, 0.15) is 66.1 Å². The number of amides is 2. The van der Waals surface area contributed by atoms with Crippen molar-refractivity contribution < 1.29 is 23.5 Å². The summed E-state index contributed by atoms with van der Waals surface area (Å²) in [6, 6.07) is 5.49. The number of hydrogen-bond donors (Lipinski definition) is 1. The van der Waals surface area contributed by atoms with Gasteiger partial charge in [0.2, 0.25) is 5.91 Å². The Labute approximate surface area is 192 Å². The van der Waals surface area contributed by atoms with Crippen LogP contribution in [0.15, 0.2) is 24.3 Å². The number of nitrogens with zero attached hydrogens (tertiary/aromatic N) is 3. The molecular weight excluding hydrogens is 427 g/mol. The molecule has 0 spiro atoms. The number of ether oxygens (including phenoxy) is 1. The molecule has 2 heterocycles. The van der Waals surface area contributed by atoms with E-state index in [2.05, 4.69) is 17.3 Å². The molecule has 2 aliphatic rings. The van der Waals surface area contributed by atoms with Gasteiger partial charge in [0.15, 0.2) is 5.69 Å². The zero-order chi connectivity index (χ0) is 23.9. The number of carbonyl (C=O) groups excluding carboxylic acids is 3. The Kier molecular flexibility index (Phi) is 5.99. The molecular formula is C24H29FN4O4. The number of halogens is 1. The molecule has 0 unspecified atom stereocenters. The molecule has 1 N–H and O–H groups in total. The van der Waals surface area contributed by atoms with E-state index in [0.29, 0.717) is 17.2 Å². The molecule has 1 aliphatic heterocycles. The van der Waals surface area contributed by atoms with Crippen LogP contribution in [0, 0.1) is 18.7 Å². The van der Waals surface area contributed by atoms with Gasteiger partial charge >= 0.3 is 5.97 Å². The number of methoxy groups -OCH3 is 1. The minimum absolute atomic E-state index is 0.0115. The van der Waals surface area contributed by atoms with Crippen molar-refractivity contribution in [3.8, 4) is 0 Å². The van der Waals surface area contributed by atoms with Gasteiger partial charge in [0.25, 0.3) is 5.91 Å². The standard InChI is InChI=1S/C24H29FN4O4/c1-14-5-8-17(9-6-14)26-23(32)24(3)13-28-20(12-18(27-28)22(31)33-4)21(30)29(24)19-10-7-16(25)11-15(19)2/h7,10-12,14,17H,5-6,8-9,13H2,1-4H3,(H,26,32)/t14?,17?,24-/m1/s1. The summed E-state index contributed by atoms with van der Waals surface area (Å²) in [5.41, 5.74) is -0.230. The summed E-state index contributed by atoms with van der Waals surface area (Å²) in [4.78, 5) is 40.8. The van der Waals surface area contributed by atoms with Gasteiger partial charge in [-0.2, -0.15) is 5.10 Å². The van der Waals surface area contributed by atoms with E-state index in [1.165, 1.54) is 41.0 Å². The molecule has 1 aliphatic carbocycles. The zero-order valence-corrected chi connectivity index (χ0v) is 19.4. The number of fused-ring (bicyclic) bond motifs is 1. The summed E-state index contributed by atoms with van der Waals surface area (Å²) in [6.07, 6.45) is 3.83. The van der Waals surface area contributed by atoms with Crippen molar-refractivity contribution in [1.29, 1.82) is 0 Å². The van der Waals surface area contributed by atoms with Gasteiger partial charge in [0.05, 0.1) is 13.7 Å². The largest absolute Gasteiger partial charge is 0.464 e. The van der Waals surface area contributed by atoms with Crippen molar-refractivity contribution in [3.63, 3.8) is 0 Å². The summed E-state index contributed by atoms with van der Waals surface area (Å²) >= 11 is 0. The monoisotopic (exact) mass is 456 g/mol. The number of benzene rings is 1. The molecule has 9 heteroatoms. The second kappa shape index (κ2) is 8.61. The third kappa shape index (κ3) is 4.12. The average Bonchev–Trinajstić information content (AvgIpc) is 3.20. The number of rotatable bonds is 4.